The molecular weight excluding hydrogens is 196 g/mol. The number of carboxylic acid groups (broad SMARTS) is 1. The summed E-state index contributed by atoms with van der Waals surface area (Å²) in [5.74, 6) is -0.770. The van der Waals surface area contributed by atoms with Crippen LogP contribution in [0.5, 0.6) is 0 Å². The average Bonchev–Trinajstić information content (AvgIpc) is 1.87. The summed E-state index contributed by atoms with van der Waals surface area (Å²) in [5, 5.41) is 8.50. The van der Waals surface area contributed by atoms with Gasteiger partial charge >= 0.3 is 5.97 Å². The molecule has 0 saturated heterocycles. The van der Waals surface area contributed by atoms with Crippen LogP contribution >= 0.6 is 15.9 Å². The Labute approximate surface area is 69.1 Å². The molecule has 0 fully saturated rings. The molecule has 0 aliphatic carbocycles. The molecule has 0 aromatic carbocycles. The van der Waals surface area contributed by atoms with Crippen LogP contribution in [0.1, 0.15) is 13.8 Å². The Morgan fingerprint density at radius 3 is 2.50 bits per heavy atom. The van der Waals surface area contributed by atoms with Gasteiger partial charge in [-0.15, -0.1) is 0 Å². The molecule has 3 heteroatoms. The van der Waals surface area contributed by atoms with E-state index in [-0.39, 0.29) is 5.92 Å². The number of carbonyl (C=O) groups is 1. The van der Waals surface area contributed by atoms with Crippen molar-refractivity contribution in [3.63, 3.8) is 0 Å². The Bertz CT molecular complexity index is 143. The molecule has 0 heterocycles. The van der Waals surface area contributed by atoms with Crippen LogP contribution in [-0.4, -0.2) is 15.9 Å². The molecule has 10 heavy (non-hydrogen) atoms. The predicted molar refractivity (Wildman–Crippen MR) is 44.3 cm³/mol. The fourth-order valence-electron chi connectivity index (χ4n) is 0.626. The molecule has 0 amide bonds. The highest BCUT2D eigenvalue weighted by atomic mass is 79.9. The van der Waals surface area contributed by atoms with Crippen LogP contribution in [0.15, 0.2) is 12.2 Å². The number of carboxylic acids is 1. The van der Waals surface area contributed by atoms with Crippen LogP contribution < -0.4 is 0 Å². The summed E-state index contributed by atoms with van der Waals surface area (Å²) < 4.78 is 0. The predicted octanol–water partition coefficient (Wildman–Crippen LogP) is 2.05. The van der Waals surface area contributed by atoms with Gasteiger partial charge in [-0.3, -0.25) is 4.79 Å². The highest BCUT2D eigenvalue weighted by Crippen LogP contribution is 2.13. The van der Waals surface area contributed by atoms with Crippen molar-refractivity contribution >= 4 is 21.9 Å². The van der Waals surface area contributed by atoms with Gasteiger partial charge in [0.25, 0.3) is 0 Å². The number of hydrogen-bond acceptors (Lipinski definition) is 1. The average molecular weight is 207 g/mol. The quantitative estimate of drug-likeness (QED) is 0.568. The fraction of sp³-hybridized carbons (Fsp3) is 0.571. The second-order valence-electron chi connectivity index (χ2n) is 2.12. The lowest BCUT2D eigenvalue weighted by Crippen LogP contribution is -2.19. The zero-order valence-corrected chi connectivity index (χ0v) is 7.63. The Balaban J connectivity index is 3.93. The molecule has 58 valence electrons. The van der Waals surface area contributed by atoms with Crippen LogP contribution in [0, 0.1) is 5.92 Å². The van der Waals surface area contributed by atoms with Gasteiger partial charge in [0.2, 0.25) is 0 Å². The minimum atomic E-state index is -0.814. The second kappa shape index (κ2) is 4.50. The monoisotopic (exact) mass is 206 g/mol. The molecule has 1 N–H and O–H groups in total. The van der Waals surface area contributed by atoms with Crippen molar-refractivity contribution in [2.24, 2.45) is 5.92 Å². The van der Waals surface area contributed by atoms with Gasteiger partial charge in [-0.1, -0.05) is 35.0 Å². The number of alkyl halides is 1. The van der Waals surface area contributed by atoms with Crippen molar-refractivity contribution in [1.82, 2.24) is 0 Å². The van der Waals surface area contributed by atoms with Crippen molar-refractivity contribution in [3.05, 3.63) is 12.2 Å². The summed E-state index contributed by atoms with van der Waals surface area (Å²) in [6, 6.07) is 0. The molecule has 0 aromatic rings. The van der Waals surface area contributed by atoms with Crippen LogP contribution in [-0.2, 0) is 4.79 Å². The molecule has 0 aliphatic rings. The number of hydrogen-bond donors (Lipinski definition) is 1. The van der Waals surface area contributed by atoms with Crippen LogP contribution in [0.4, 0.5) is 0 Å². The van der Waals surface area contributed by atoms with Crippen LogP contribution in [0.25, 0.3) is 0 Å². The summed E-state index contributed by atoms with van der Waals surface area (Å²) >= 11 is 3.06. The van der Waals surface area contributed by atoms with E-state index in [1.165, 1.54) is 0 Å². The number of rotatable bonds is 3. The third-order valence-corrected chi connectivity index (χ3v) is 2.42. The smallest absolute Gasteiger partial charge is 0.317 e. The van der Waals surface area contributed by atoms with Crippen molar-refractivity contribution in [1.29, 1.82) is 0 Å². The van der Waals surface area contributed by atoms with Gasteiger partial charge in [-0.05, 0) is 12.8 Å². The first-order valence-corrected chi connectivity index (χ1v) is 4.01. The maximum Gasteiger partial charge on any atom is 0.317 e. The molecule has 0 aromatic heterocycles. The Morgan fingerprint density at radius 1 is 1.70 bits per heavy atom. The van der Waals surface area contributed by atoms with Gasteiger partial charge in [-0.2, -0.15) is 0 Å². The van der Waals surface area contributed by atoms with E-state index in [0.717, 1.165) is 0 Å². The Morgan fingerprint density at radius 2 is 2.20 bits per heavy atom. The minimum Gasteiger partial charge on any atom is -0.480 e. The van der Waals surface area contributed by atoms with Gasteiger partial charge in [0.05, 0.1) is 0 Å². The number of allylic oxidation sites excluding steroid dienone is 2. The lowest BCUT2D eigenvalue weighted by Gasteiger charge is -2.08. The molecule has 0 radical (unpaired) electrons. The topological polar surface area (TPSA) is 37.3 Å². The van der Waals surface area contributed by atoms with Gasteiger partial charge in [0.15, 0.2) is 0 Å². The van der Waals surface area contributed by atoms with Gasteiger partial charge in [-0.25, -0.2) is 0 Å². The van der Waals surface area contributed by atoms with Gasteiger partial charge in [0, 0.05) is 0 Å². The first kappa shape index (κ1) is 9.69. The lowest BCUT2D eigenvalue weighted by atomic mass is 10.1. The summed E-state index contributed by atoms with van der Waals surface area (Å²) in [6.45, 7) is 3.73. The van der Waals surface area contributed by atoms with Crippen LogP contribution in [0.2, 0.25) is 0 Å². The summed E-state index contributed by atoms with van der Waals surface area (Å²) in [4.78, 5) is 9.87. The van der Waals surface area contributed by atoms with E-state index in [9.17, 15) is 4.79 Å². The molecule has 0 bridgehead atoms. The molecule has 0 aliphatic heterocycles. The minimum absolute atomic E-state index is 0.0440. The highest BCUT2D eigenvalue weighted by molar-refractivity contribution is 9.10. The Kier molecular flexibility index (Phi) is 4.36. The zero-order chi connectivity index (χ0) is 8.15. The van der Waals surface area contributed by atoms with E-state index < -0.39 is 10.8 Å². The molecule has 0 spiro atoms. The third-order valence-electron chi connectivity index (χ3n) is 1.19. The first-order valence-electron chi connectivity index (χ1n) is 3.09. The molecular formula is C7H11BrO2. The van der Waals surface area contributed by atoms with Crippen molar-refractivity contribution in [3.8, 4) is 0 Å². The number of halogens is 1. The van der Waals surface area contributed by atoms with E-state index >= 15 is 0 Å². The molecule has 0 rings (SSSR count). The zero-order valence-electron chi connectivity index (χ0n) is 6.04. The lowest BCUT2D eigenvalue weighted by molar-refractivity contribution is -0.136. The third kappa shape index (κ3) is 3.01. The van der Waals surface area contributed by atoms with Gasteiger partial charge < -0.3 is 5.11 Å². The summed E-state index contributed by atoms with van der Waals surface area (Å²) in [5.41, 5.74) is 0. The highest BCUT2D eigenvalue weighted by Gasteiger charge is 2.17. The van der Waals surface area contributed by atoms with E-state index in [1.807, 2.05) is 26.0 Å². The van der Waals surface area contributed by atoms with E-state index in [1.54, 1.807) is 0 Å². The maximum atomic E-state index is 10.3. The van der Waals surface area contributed by atoms with Crippen molar-refractivity contribution in [2.45, 2.75) is 18.7 Å². The summed E-state index contributed by atoms with van der Waals surface area (Å²) in [6.07, 6.45) is 3.70. The van der Waals surface area contributed by atoms with E-state index in [2.05, 4.69) is 15.9 Å². The maximum absolute atomic E-state index is 10.3. The van der Waals surface area contributed by atoms with E-state index in [4.69, 9.17) is 5.11 Å². The second-order valence-corrected chi connectivity index (χ2v) is 3.11. The normalized spacial score (nSPS) is 17.1. The largest absolute Gasteiger partial charge is 0.480 e. The van der Waals surface area contributed by atoms with Gasteiger partial charge in [0.1, 0.15) is 4.83 Å². The molecule has 2 unspecified atom stereocenters. The first-order chi connectivity index (χ1) is 4.59. The molecule has 2 atom stereocenters. The fourth-order valence-corrected chi connectivity index (χ4v) is 0.802. The summed E-state index contributed by atoms with van der Waals surface area (Å²) in [7, 11) is 0. The van der Waals surface area contributed by atoms with E-state index in [0.29, 0.717) is 0 Å². The SMILES string of the molecule is C/C=C/C(C)C(Br)C(=O)O. The molecule has 2 nitrogen and oxygen atoms in total. The number of aliphatic carboxylic acids is 1. The van der Waals surface area contributed by atoms with Crippen LogP contribution in [0.3, 0.4) is 0 Å². The molecule has 0 saturated carbocycles. The van der Waals surface area contributed by atoms with Crippen molar-refractivity contribution in [2.75, 3.05) is 0 Å². The standard InChI is InChI=1S/C7H11BrO2/c1-3-4-5(2)6(8)7(9)10/h3-6H,1-2H3,(H,9,10)/b4-3+. The Hall–Kier alpha value is -0.310. The van der Waals surface area contributed by atoms with Crippen molar-refractivity contribution < 1.29 is 9.90 Å².